The molecule has 1 saturated heterocycles. The second-order valence-corrected chi connectivity index (χ2v) is 7.90. The molecular formula is C24H22N4O3. The lowest BCUT2D eigenvalue weighted by atomic mass is 9.91. The predicted octanol–water partition coefficient (Wildman–Crippen LogP) is 3.51. The third kappa shape index (κ3) is 3.46. The molecule has 2 heterocycles. The zero-order valence-corrected chi connectivity index (χ0v) is 17.4. The van der Waals surface area contributed by atoms with Crippen LogP contribution < -0.4 is 5.32 Å². The standard InChI is InChI=1S/C24H22N4O3/c1-16-8-10-17(11-9-16)24(2)22(30)28(23(31)26-24)15-21(29)19-14-27(13-5-12-25)20-7-4-3-6-18(19)20/h3-4,6-11,14H,5,13,15H2,1-2H3,(H,26,31)/t24-/m0/s1. The van der Waals surface area contributed by atoms with E-state index in [1.165, 1.54) is 0 Å². The lowest BCUT2D eigenvalue weighted by Crippen LogP contribution is -2.41. The fraction of sp³-hybridized carbons (Fsp3) is 0.250. The van der Waals surface area contributed by atoms with Crippen LogP contribution in [0.5, 0.6) is 0 Å². The largest absolute Gasteiger partial charge is 0.346 e. The van der Waals surface area contributed by atoms with Crippen molar-refractivity contribution < 1.29 is 14.4 Å². The Labute approximate surface area is 179 Å². The molecule has 2 aromatic carbocycles. The van der Waals surface area contributed by atoms with Gasteiger partial charge in [-0.25, -0.2) is 4.79 Å². The molecule has 3 amide bonds. The third-order valence-corrected chi connectivity index (χ3v) is 5.76. The van der Waals surface area contributed by atoms with E-state index in [0.717, 1.165) is 21.4 Å². The summed E-state index contributed by atoms with van der Waals surface area (Å²) in [5.41, 5.74) is 1.76. The number of nitrogens with zero attached hydrogens (tertiary/aromatic N) is 3. The Bertz CT molecular complexity index is 1240. The Hall–Kier alpha value is -3.92. The molecule has 1 aromatic heterocycles. The van der Waals surface area contributed by atoms with E-state index < -0.39 is 17.5 Å². The smallest absolute Gasteiger partial charge is 0.325 e. The molecule has 1 aliphatic heterocycles. The van der Waals surface area contributed by atoms with Crippen molar-refractivity contribution in [3.63, 3.8) is 0 Å². The molecule has 31 heavy (non-hydrogen) atoms. The Morgan fingerprint density at radius 2 is 1.84 bits per heavy atom. The van der Waals surface area contributed by atoms with E-state index in [4.69, 9.17) is 5.26 Å². The molecule has 7 heteroatoms. The number of ketones is 1. The van der Waals surface area contributed by atoms with Crippen molar-refractivity contribution >= 4 is 28.6 Å². The van der Waals surface area contributed by atoms with Crippen molar-refractivity contribution in [3.05, 3.63) is 71.4 Å². The zero-order valence-electron chi connectivity index (χ0n) is 17.4. The highest BCUT2D eigenvalue weighted by atomic mass is 16.2. The van der Waals surface area contributed by atoms with Gasteiger partial charge >= 0.3 is 6.03 Å². The molecule has 3 aromatic rings. The molecule has 4 rings (SSSR count). The van der Waals surface area contributed by atoms with Gasteiger partial charge in [-0.05, 0) is 25.5 Å². The summed E-state index contributed by atoms with van der Waals surface area (Å²) >= 11 is 0. The van der Waals surface area contributed by atoms with Crippen LogP contribution in [0.25, 0.3) is 10.9 Å². The molecule has 1 N–H and O–H groups in total. The molecule has 0 saturated carbocycles. The predicted molar refractivity (Wildman–Crippen MR) is 115 cm³/mol. The Kier molecular flexibility index (Phi) is 5.07. The van der Waals surface area contributed by atoms with Gasteiger partial charge in [0.2, 0.25) is 0 Å². The Morgan fingerprint density at radius 1 is 1.13 bits per heavy atom. The number of Topliss-reactive ketones (excluding diaryl/α,β-unsaturated/α-hetero) is 1. The van der Waals surface area contributed by atoms with Crippen LogP contribution in [0.15, 0.2) is 54.7 Å². The van der Waals surface area contributed by atoms with Gasteiger partial charge in [0.1, 0.15) is 5.54 Å². The zero-order chi connectivity index (χ0) is 22.2. The molecule has 0 unspecified atom stereocenters. The highest BCUT2D eigenvalue weighted by molar-refractivity contribution is 6.14. The van der Waals surface area contributed by atoms with E-state index in [1.807, 2.05) is 60.0 Å². The minimum atomic E-state index is -1.22. The lowest BCUT2D eigenvalue weighted by molar-refractivity contribution is -0.130. The first kappa shape index (κ1) is 20.4. The maximum atomic E-state index is 13.1. The van der Waals surface area contributed by atoms with Crippen LogP contribution >= 0.6 is 0 Å². The van der Waals surface area contributed by atoms with Crippen molar-refractivity contribution in [2.45, 2.75) is 32.4 Å². The summed E-state index contributed by atoms with van der Waals surface area (Å²) in [5.74, 6) is -0.786. The SMILES string of the molecule is Cc1ccc([C@]2(C)NC(=O)N(CC(=O)c3cn(CCC#N)c4ccccc34)C2=O)cc1. The van der Waals surface area contributed by atoms with Gasteiger partial charge in [-0.1, -0.05) is 48.0 Å². The first-order valence-corrected chi connectivity index (χ1v) is 10.0. The topological polar surface area (TPSA) is 95.2 Å². The van der Waals surface area contributed by atoms with Crippen LogP contribution in [0.2, 0.25) is 0 Å². The molecule has 1 fully saturated rings. The number of amides is 3. The van der Waals surface area contributed by atoms with Gasteiger partial charge in [-0.2, -0.15) is 5.26 Å². The van der Waals surface area contributed by atoms with Crippen molar-refractivity contribution in [2.24, 2.45) is 0 Å². The molecule has 0 spiro atoms. The molecular weight excluding hydrogens is 392 g/mol. The number of carbonyl (C=O) groups excluding carboxylic acids is 3. The van der Waals surface area contributed by atoms with Crippen molar-refractivity contribution in [1.29, 1.82) is 5.26 Å². The highest BCUT2D eigenvalue weighted by Gasteiger charge is 2.49. The number of carbonyl (C=O) groups is 3. The summed E-state index contributed by atoms with van der Waals surface area (Å²) < 4.78 is 1.86. The maximum Gasteiger partial charge on any atom is 0.325 e. The maximum absolute atomic E-state index is 13.1. The fourth-order valence-corrected chi connectivity index (χ4v) is 3.98. The number of fused-ring (bicyclic) bond motifs is 1. The number of nitriles is 1. The summed E-state index contributed by atoms with van der Waals surface area (Å²) in [5, 5.41) is 12.4. The highest BCUT2D eigenvalue weighted by Crippen LogP contribution is 2.30. The first-order chi connectivity index (χ1) is 14.8. The number of hydrogen-bond donors (Lipinski definition) is 1. The van der Waals surface area contributed by atoms with Crippen LogP contribution in [0.4, 0.5) is 4.79 Å². The number of imide groups is 1. The van der Waals surface area contributed by atoms with Crippen molar-refractivity contribution in [2.75, 3.05) is 6.54 Å². The van der Waals surface area contributed by atoms with Crippen LogP contribution in [-0.2, 0) is 16.9 Å². The molecule has 7 nitrogen and oxygen atoms in total. The number of nitrogens with one attached hydrogen (secondary N) is 1. The van der Waals surface area contributed by atoms with Crippen LogP contribution in [0.3, 0.4) is 0 Å². The summed E-state index contributed by atoms with van der Waals surface area (Å²) in [6.45, 7) is 3.70. The average molecular weight is 414 g/mol. The summed E-state index contributed by atoms with van der Waals surface area (Å²) in [4.78, 5) is 39.9. The van der Waals surface area contributed by atoms with Gasteiger partial charge in [-0.15, -0.1) is 0 Å². The van der Waals surface area contributed by atoms with Gasteiger partial charge < -0.3 is 9.88 Å². The number of benzene rings is 2. The minimum absolute atomic E-state index is 0.314. The number of para-hydroxylation sites is 1. The number of rotatable bonds is 6. The number of aromatic nitrogens is 1. The molecule has 0 radical (unpaired) electrons. The molecule has 1 atom stereocenters. The summed E-state index contributed by atoms with van der Waals surface area (Å²) in [7, 11) is 0. The first-order valence-electron chi connectivity index (χ1n) is 10.0. The molecule has 0 aliphatic carbocycles. The van der Waals surface area contributed by atoms with Gasteiger partial charge in [0, 0.05) is 29.2 Å². The van der Waals surface area contributed by atoms with Gasteiger partial charge in [0.25, 0.3) is 5.91 Å². The van der Waals surface area contributed by atoms with Crippen LogP contribution in [0, 0.1) is 18.3 Å². The number of hydrogen-bond acceptors (Lipinski definition) is 4. The molecule has 0 bridgehead atoms. The number of urea groups is 1. The Morgan fingerprint density at radius 3 is 2.55 bits per heavy atom. The van der Waals surface area contributed by atoms with E-state index in [1.54, 1.807) is 13.1 Å². The van der Waals surface area contributed by atoms with Crippen LogP contribution in [0.1, 0.15) is 34.8 Å². The van der Waals surface area contributed by atoms with E-state index in [0.29, 0.717) is 24.1 Å². The van der Waals surface area contributed by atoms with Gasteiger partial charge in [-0.3, -0.25) is 14.5 Å². The number of aryl methyl sites for hydroxylation is 2. The summed E-state index contributed by atoms with van der Waals surface area (Å²) in [6.07, 6.45) is 2.01. The fourth-order valence-electron chi connectivity index (χ4n) is 3.98. The second kappa shape index (κ2) is 7.73. The molecule has 156 valence electrons. The van der Waals surface area contributed by atoms with Gasteiger partial charge in [0.15, 0.2) is 5.78 Å². The monoisotopic (exact) mass is 414 g/mol. The normalized spacial score (nSPS) is 18.3. The van der Waals surface area contributed by atoms with E-state index in [9.17, 15) is 14.4 Å². The minimum Gasteiger partial charge on any atom is -0.346 e. The van der Waals surface area contributed by atoms with E-state index in [2.05, 4.69) is 11.4 Å². The lowest BCUT2D eigenvalue weighted by Gasteiger charge is -2.22. The molecule has 1 aliphatic rings. The van der Waals surface area contributed by atoms with Gasteiger partial charge in [0.05, 0.1) is 19.0 Å². The van der Waals surface area contributed by atoms with E-state index >= 15 is 0 Å². The van der Waals surface area contributed by atoms with Crippen molar-refractivity contribution in [1.82, 2.24) is 14.8 Å². The average Bonchev–Trinajstić information content (AvgIpc) is 3.23. The van der Waals surface area contributed by atoms with Crippen LogP contribution in [-0.4, -0.2) is 33.7 Å². The quantitative estimate of drug-likeness (QED) is 0.493. The van der Waals surface area contributed by atoms with E-state index in [-0.39, 0.29) is 12.3 Å². The summed E-state index contributed by atoms with van der Waals surface area (Å²) in [6, 6.07) is 16.3. The third-order valence-electron chi connectivity index (χ3n) is 5.76. The second-order valence-electron chi connectivity index (χ2n) is 7.90. The van der Waals surface area contributed by atoms with Crippen molar-refractivity contribution in [3.8, 4) is 6.07 Å². The Balaban J connectivity index is 1.62.